The number of hydrogen-bond acceptors (Lipinski definition) is 3. The SMILES string of the molecule is CCCNCC(C)(O)Cc1csc2ccccc12. The normalized spacial score (nSPS) is 14.8. The van der Waals surface area contributed by atoms with E-state index in [2.05, 4.69) is 41.9 Å². The summed E-state index contributed by atoms with van der Waals surface area (Å²) in [5.74, 6) is 0. The number of benzene rings is 1. The van der Waals surface area contributed by atoms with Gasteiger partial charge >= 0.3 is 0 Å². The van der Waals surface area contributed by atoms with E-state index in [0.29, 0.717) is 13.0 Å². The number of nitrogens with one attached hydrogen (secondary N) is 1. The fraction of sp³-hybridized carbons (Fsp3) is 0.467. The van der Waals surface area contributed by atoms with Crippen molar-refractivity contribution in [3.05, 3.63) is 35.2 Å². The molecule has 98 valence electrons. The van der Waals surface area contributed by atoms with Crippen LogP contribution in [0.5, 0.6) is 0 Å². The minimum absolute atomic E-state index is 0.644. The first-order valence-electron chi connectivity index (χ1n) is 6.50. The Hall–Kier alpha value is -0.900. The van der Waals surface area contributed by atoms with Gasteiger partial charge in [0.2, 0.25) is 0 Å². The maximum absolute atomic E-state index is 10.4. The zero-order chi connectivity index (χ0) is 13.0. The molecule has 0 fully saturated rings. The molecule has 0 aliphatic rings. The Morgan fingerprint density at radius 2 is 2.11 bits per heavy atom. The third kappa shape index (κ3) is 3.31. The summed E-state index contributed by atoms with van der Waals surface area (Å²) in [6.45, 7) is 5.64. The number of fused-ring (bicyclic) bond motifs is 1. The second-order valence-corrected chi connectivity index (χ2v) is 6.02. The van der Waals surface area contributed by atoms with Gasteiger partial charge in [0.1, 0.15) is 0 Å². The van der Waals surface area contributed by atoms with Crippen LogP contribution in [0.4, 0.5) is 0 Å². The Kier molecular flexibility index (Phi) is 4.38. The van der Waals surface area contributed by atoms with Crippen molar-refractivity contribution in [1.29, 1.82) is 0 Å². The Balaban J connectivity index is 2.08. The van der Waals surface area contributed by atoms with Crippen LogP contribution in [0.1, 0.15) is 25.8 Å². The summed E-state index contributed by atoms with van der Waals surface area (Å²) in [5.41, 5.74) is 0.567. The van der Waals surface area contributed by atoms with Crippen LogP contribution in [-0.4, -0.2) is 23.8 Å². The molecule has 0 amide bonds. The molecular formula is C15H21NOS. The second-order valence-electron chi connectivity index (χ2n) is 5.11. The molecule has 3 heteroatoms. The van der Waals surface area contributed by atoms with Crippen molar-refractivity contribution in [2.75, 3.05) is 13.1 Å². The summed E-state index contributed by atoms with van der Waals surface area (Å²) >= 11 is 1.75. The third-order valence-corrected chi connectivity index (χ3v) is 4.08. The van der Waals surface area contributed by atoms with Gasteiger partial charge < -0.3 is 10.4 Å². The Bertz CT molecular complexity index is 504. The third-order valence-electron chi connectivity index (χ3n) is 3.07. The Morgan fingerprint density at radius 1 is 1.33 bits per heavy atom. The van der Waals surface area contributed by atoms with Gasteiger partial charge in [0, 0.05) is 17.7 Å². The van der Waals surface area contributed by atoms with Crippen LogP contribution >= 0.6 is 11.3 Å². The van der Waals surface area contributed by atoms with Crippen LogP contribution in [0.15, 0.2) is 29.6 Å². The monoisotopic (exact) mass is 263 g/mol. The number of aliphatic hydroxyl groups is 1. The van der Waals surface area contributed by atoms with Gasteiger partial charge in [0.05, 0.1) is 5.60 Å². The highest BCUT2D eigenvalue weighted by Crippen LogP contribution is 2.28. The van der Waals surface area contributed by atoms with E-state index < -0.39 is 5.60 Å². The van der Waals surface area contributed by atoms with Crippen molar-refractivity contribution < 1.29 is 5.11 Å². The van der Waals surface area contributed by atoms with E-state index in [-0.39, 0.29) is 0 Å². The fourth-order valence-corrected chi connectivity index (χ4v) is 3.14. The van der Waals surface area contributed by atoms with E-state index in [1.54, 1.807) is 11.3 Å². The topological polar surface area (TPSA) is 32.3 Å². The molecule has 1 aromatic heterocycles. The molecule has 0 aliphatic carbocycles. The fourth-order valence-electron chi connectivity index (χ4n) is 2.18. The van der Waals surface area contributed by atoms with Gasteiger partial charge in [-0.05, 0) is 42.3 Å². The first kappa shape index (κ1) is 13.5. The van der Waals surface area contributed by atoms with Crippen LogP contribution in [0.25, 0.3) is 10.1 Å². The van der Waals surface area contributed by atoms with Crippen LogP contribution in [0.2, 0.25) is 0 Å². The van der Waals surface area contributed by atoms with Crippen LogP contribution in [0, 0.1) is 0 Å². The molecule has 0 saturated carbocycles. The molecule has 2 aromatic rings. The van der Waals surface area contributed by atoms with E-state index >= 15 is 0 Å². The summed E-state index contributed by atoms with van der Waals surface area (Å²) in [6, 6.07) is 8.39. The molecule has 0 radical (unpaired) electrons. The zero-order valence-electron chi connectivity index (χ0n) is 11.1. The van der Waals surface area contributed by atoms with E-state index in [1.807, 2.05) is 6.92 Å². The number of thiophene rings is 1. The van der Waals surface area contributed by atoms with Crippen molar-refractivity contribution in [2.24, 2.45) is 0 Å². The van der Waals surface area contributed by atoms with E-state index in [1.165, 1.54) is 15.6 Å². The summed E-state index contributed by atoms with van der Waals surface area (Å²) in [5, 5.41) is 17.1. The summed E-state index contributed by atoms with van der Waals surface area (Å²) < 4.78 is 1.30. The number of hydrogen-bond donors (Lipinski definition) is 2. The Labute approximate surface area is 113 Å². The van der Waals surface area contributed by atoms with Gasteiger partial charge in [-0.15, -0.1) is 11.3 Å². The summed E-state index contributed by atoms with van der Waals surface area (Å²) in [6.07, 6.45) is 1.80. The molecule has 1 unspecified atom stereocenters. The van der Waals surface area contributed by atoms with E-state index in [0.717, 1.165) is 13.0 Å². The molecule has 0 spiro atoms. The lowest BCUT2D eigenvalue weighted by Crippen LogP contribution is -2.39. The minimum Gasteiger partial charge on any atom is -0.389 e. The van der Waals surface area contributed by atoms with Gasteiger partial charge in [-0.25, -0.2) is 0 Å². The zero-order valence-corrected chi connectivity index (χ0v) is 11.9. The summed E-state index contributed by atoms with van der Waals surface area (Å²) in [7, 11) is 0. The van der Waals surface area contributed by atoms with Crippen molar-refractivity contribution in [3.8, 4) is 0 Å². The Morgan fingerprint density at radius 3 is 2.89 bits per heavy atom. The van der Waals surface area contributed by atoms with Crippen molar-refractivity contribution in [1.82, 2.24) is 5.32 Å². The maximum atomic E-state index is 10.4. The average Bonchev–Trinajstić information content (AvgIpc) is 2.72. The maximum Gasteiger partial charge on any atom is 0.0784 e. The smallest absolute Gasteiger partial charge is 0.0784 e. The first-order valence-corrected chi connectivity index (χ1v) is 7.38. The highest BCUT2D eigenvalue weighted by molar-refractivity contribution is 7.17. The average molecular weight is 263 g/mol. The van der Waals surface area contributed by atoms with E-state index in [4.69, 9.17) is 0 Å². The molecule has 18 heavy (non-hydrogen) atoms. The molecule has 1 atom stereocenters. The van der Waals surface area contributed by atoms with Crippen molar-refractivity contribution >= 4 is 21.4 Å². The molecule has 1 heterocycles. The van der Waals surface area contributed by atoms with Gasteiger partial charge in [-0.2, -0.15) is 0 Å². The van der Waals surface area contributed by atoms with Gasteiger partial charge in [-0.1, -0.05) is 25.1 Å². The van der Waals surface area contributed by atoms with Gasteiger partial charge in [-0.3, -0.25) is 0 Å². The molecule has 2 nitrogen and oxygen atoms in total. The first-order chi connectivity index (χ1) is 8.62. The highest BCUT2D eigenvalue weighted by Gasteiger charge is 2.21. The highest BCUT2D eigenvalue weighted by atomic mass is 32.1. The molecule has 1 aromatic carbocycles. The quantitative estimate of drug-likeness (QED) is 0.785. The molecule has 2 rings (SSSR count). The van der Waals surface area contributed by atoms with Gasteiger partial charge in [0.15, 0.2) is 0 Å². The lowest BCUT2D eigenvalue weighted by atomic mass is 9.96. The molecule has 0 saturated heterocycles. The molecule has 0 bridgehead atoms. The minimum atomic E-state index is -0.682. The van der Waals surface area contributed by atoms with Gasteiger partial charge in [0.25, 0.3) is 0 Å². The molecule has 2 N–H and O–H groups in total. The lowest BCUT2D eigenvalue weighted by molar-refractivity contribution is 0.0608. The van der Waals surface area contributed by atoms with Crippen LogP contribution in [0.3, 0.4) is 0 Å². The van der Waals surface area contributed by atoms with Crippen LogP contribution in [-0.2, 0) is 6.42 Å². The second kappa shape index (κ2) is 5.83. The predicted octanol–water partition coefficient (Wildman–Crippen LogP) is 3.19. The molecule has 0 aliphatic heterocycles. The standard InChI is InChI=1S/C15H21NOS/c1-3-8-16-11-15(2,17)9-12-10-18-14-7-5-4-6-13(12)14/h4-7,10,16-17H,3,8-9,11H2,1-2H3. The summed E-state index contributed by atoms with van der Waals surface area (Å²) in [4.78, 5) is 0. The lowest BCUT2D eigenvalue weighted by Gasteiger charge is -2.23. The van der Waals surface area contributed by atoms with E-state index in [9.17, 15) is 5.11 Å². The van der Waals surface area contributed by atoms with Crippen molar-refractivity contribution in [3.63, 3.8) is 0 Å². The molecular weight excluding hydrogens is 242 g/mol. The van der Waals surface area contributed by atoms with Crippen molar-refractivity contribution in [2.45, 2.75) is 32.3 Å². The number of rotatable bonds is 6. The predicted molar refractivity (Wildman–Crippen MR) is 79.3 cm³/mol. The largest absolute Gasteiger partial charge is 0.389 e. The van der Waals surface area contributed by atoms with Crippen LogP contribution < -0.4 is 5.32 Å².